The molecule has 0 fully saturated rings. The molecule has 0 saturated heterocycles. The van der Waals surface area contributed by atoms with E-state index in [4.69, 9.17) is 5.11 Å². The Kier molecular flexibility index (Phi) is 3.84. The van der Waals surface area contributed by atoms with E-state index in [2.05, 4.69) is 5.32 Å². The first kappa shape index (κ1) is 14.4. The molecule has 7 heteroatoms. The number of rotatable bonds is 3. The maximum absolute atomic E-state index is 13.0. The molecule has 1 amide bonds. The summed E-state index contributed by atoms with van der Waals surface area (Å²) in [5.41, 5.74) is -0.711. The number of carbonyl (C=O) groups excluding carboxylic acids is 1. The van der Waals surface area contributed by atoms with Crippen LogP contribution < -0.4 is 5.32 Å². The maximum Gasteiger partial charge on any atom is 0.339 e. The molecule has 0 aliphatic rings. The van der Waals surface area contributed by atoms with E-state index >= 15 is 0 Å². The van der Waals surface area contributed by atoms with Gasteiger partial charge in [0.1, 0.15) is 5.56 Å². The first-order valence-corrected chi connectivity index (χ1v) is 5.72. The molecule has 2 rings (SSSR count). The monoisotopic (exact) mass is 293 g/mol. The van der Waals surface area contributed by atoms with Gasteiger partial charge in [-0.1, -0.05) is 6.07 Å². The number of benzene rings is 2. The first-order valence-electron chi connectivity index (χ1n) is 5.72. The van der Waals surface area contributed by atoms with E-state index in [0.29, 0.717) is 6.07 Å². The summed E-state index contributed by atoms with van der Waals surface area (Å²) in [5.74, 6) is -5.09. The molecule has 0 aromatic heterocycles. The third kappa shape index (κ3) is 2.97. The fourth-order valence-corrected chi connectivity index (χ4v) is 1.65. The fraction of sp³-hybridized carbons (Fsp3) is 0. The lowest BCUT2D eigenvalue weighted by Crippen LogP contribution is -2.13. The van der Waals surface area contributed by atoms with Gasteiger partial charge in [0, 0.05) is 5.56 Å². The van der Waals surface area contributed by atoms with E-state index in [1.54, 1.807) is 0 Å². The van der Waals surface area contributed by atoms with Crippen LogP contribution >= 0.6 is 0 Å². The standard InChI is InChI=1S/C14H9F2NO4/c15-9-5-4-7(6-10(9)16)13(19)17-11-3-1-2-8(12(11)18)14(20)21/h1-6,18H,(H,17,19)(H,20,21). The first-order chi connectivity index (χ1) is 9.90. The quantitative estimate of drug-likeness (QED) is 0.759. The molecule has 0 saturated carbocycles. The summed E-state index contributed by atoms with van der Waals surface area (Å²) in [6, 6.07) is 6.31. The summed E-state index contributed by atoms with van der Waals surface area (Å²) >= 11 is 0. The van der Waals surface area contributed by atoms with Crippen LogP contribution in [-0.2, 0) is 0 Å². The van der Waals surface area contributed by atoms with Crippen LogP contribution in [0.2, 0.25) is 0 Å². The average Bonchev–Trinajstić information content (AvgIpc) is 2.43. The number of para-hydroxylation sites is 1. The summed E-state index contributed by atoms with van der Waals surface area (Å²) in [5, 5.41) is 20.8. The molecule has 0 unspecified atom stereocenters. The topological polar surface area (TPSA) is 86.6 Å². The van der Waals surface area contributed by atoms with Crippen molar-refractivity contribution in [2.45, 2.75) is 0 Å². The highest BCUT2D eigenvalue weighted by Crippen LogP contribution is 2.27. The second-order valence-electron chi connectivity index (χ2n) is 4.09. The number of aromatic carboxylic acids is 1. The van der Waals surface area contributed by atoms with Crippen LogP contribution in [0.5, 0.6) is 5.75 Å². The van der Waals surface area contributed by atoms with Crippen LogP contribution in [0, 0.1) is 11.6 Å². The van der Waals surface area contributed by atoms with Gasteiger partial charge in [0.05, 0.1) is 5.69 Å². The number of anilines is 1. The van der Waals surface area contributed by atoms with Gasteiger partial charge in [-0.2, -0.15) is 0 Å². The zero-order chi connectivity index (χ0) is 15.6. The Morgan fingerprint density at radius 3 is 2.38 bits per heavy atom. The second kappa shape index (κ2) is 5.58. The van der Waals surface area contributed by atoms with Gasteiger partial charge in [-0.05, 0) is 30.3 Å². The Hall–Kier alpha value is -2.96. The van der Waals surface area contributed by atoms with Crippen molar-refractivity contribution in [2.75, 3.05) is 5.32 Å². The maximum atomic E-state index is 13.0. The molecule has 2 aromatic carbocycles. The number of hydrogen-bond acceptors (Lipinski definition) is 3. The molecule has 0 atom stereocenters. The molecule has 5 nitrogen and oxygen atoms in total. The van der Waals surface area contributed by atoms with Crippen molar-refractivity contribution in [3.05, 3.63) is 59.2 Å². The van der Waals surface area contributed by atoms with Gasteiger partial charge in [-0.15, -0.1) is 0 Å². The van der Waals surface area contributed by atoms with Crippen molar-refractivity contribution in [2.24, 2.45) is 0 Å². The number of carboxylic acid groups (broad SMARTS) is 1. The minimum absolute atomic E-state index is 0.148. The molecule has 3 N–H and O–H groups in total. The smallest absolute Gasteiger partial charge is 0.339 e. The average molecular weight is 293 g/mol. The molecule has 21 heavy (non-hydrogen) atoms. The summed E-state index contributed by atoms with van der Waals surface area (Å²) in [6.45, 7) is 0. The van der Waals surface area contributed by atoms with E-state index in [1.165, 1.54) is 12.1 Å². The zero-order valence-corrected chi connectivity index (χ0v) is 10.4. The van der Waals surface area contributed by atoms with Crippen molar-refractivity contribution < 1.29 is 28.6 Å². The lowest BCUT2D eigenvalue weighted by atomic mass is 10.1. The number of amides is 1. The summed E-state index contributed by atoms with van der Waals surface area (Å²) in [4.78, 5) is 22.7. The lowest BCUT2D eigenvalue weighted by molar-refractivity contribution is 0.0693. The van der Waals surface area contributed by atoms with Gasteiger partial charge in [0.25, 0.3) is 5.91 Å². The summed E-state index contributed by atoms with van der Waals surface area (Å²) < 4.78 is 25.8. The van der Waals surface area contributed by atoms with Gasteiger partial charge in [0.2, 0.25) is 0 Å². The number of halogens is 2. The molecule has 0 radical (unpaired) electrons. The van der Waals surface area contributed by atoms with Crippen molar-refractivity contribution in [3.8, 4) is 5.75 Å². The van der Waals surface area contributed by atoms with Crippen LogP contribution in [0.15, 0.2) is 36.4 Å². The lowest BCUT2D eigenvalue weighted by Gasteiger charge is -2.09. The highest BCUT2D eigenvalue weighted by Gasteiger charge is 2.16. The zero-order valence-electron chi connectivity index (χ0n) is 10.4. The SMILES string of the molecule is O=C(Nc1cccc(C(=O)O)c1O)c1ccc(F)c(F)c1. The Morgan fingerprint density at radius 1 is 1.05 bits per heavy atom. The van der Waals surface area contributed by atoms with Crippen LogP contribution in [0.25, 0.3) is 0 Å². The van der Waals surface area contributed by atoms with Crippen LogP contribution in [0.1, 0.15) is 20.7 Å². The van der Waals surface area contributed by atoms with Gasteiger partial charge in [-0.3, -0.25) is 4.79 Å². The predicted molar refractivity (Wildman–Crippen MR) is 69.4 cm³/mol. The van der Waals surface area contributed by atoms with E-state index < -0.39 is 34.8 Å². The minimum Gasteiger partial charge on any atom is -0.505 e. The molecule has 0 spiro atoms. The molecule has 2 aromatic rings. The Labute approximate surface area is 117 Å². The molecule has 0 heterocycles. The molecule has 108 valence electrons. The summed E-state index contributed by atoms with van der Waals surface area (Å²) in [7, 11) is 0. The predicted octanol–water partition coefficient (Wildman–Crippen LogP) is 2.62. The third-order valence-electron chi connectivity index (χ3n) is 2.70. The largest absolute Gasteiger partial charge is 0.505 e. The third-order valence-corrected chi connectivity index (χ3v) is 2.70. The van der Waals surface area contributed by atoms with Crippen LogP contribution in [-0.4, -0.2) is 22.1 Å². The number of nitrogens with one attached hydrogen (secondary N) is 1. The number of aromatic hydroxyl groups is 1. The van der Waals surface area contributed by atoms with E-state index in [0.717, 1.165) is 18.2 Å². The van der Waals surface area contributed by atoms with Gasteiger partial charge < -0.3 is 15.5 Å². The van der Waals surface area contributed by atoms with Gasteiger partial charge in [0.15, 0.2) is 17.4 Å². The fourth-order valence-electron chi connectivity index (χ4n) is 1.65. The van der Waals surface area contributed by atoms with Crippen molar-refractivity contribution >= 4 is 17.6 Å². The number of hydrogen-bond donors (Lipinski definition) is 3. The number of carbonyl (C=O) groups is 2. The molecule has 0 aliphatic heterocycles. The van der Waals surface area contributed by atoms with Crippen LogP contribution in [0.3, 0.4) is 0 Å². The number of phenols is 1. The summed E-state index contributed by atoms with van der Waals surface area (Å²) in [6.07, 6.45) is 0. The van der Waals surface area contributed by atoms with Crippen molar-refractivity contribution in [1.82, 2.24) is 0 Å². The van der Waals surface area contributed by atoms with E-state index in [9.17, 15) is 23.5 Å². The molecular weight excluding hydrogens is 284 g/mol. The van der Waals surface area contributed by atoms with Gasteiger partial charge >= 0.3 is 5.97 Å². The van der Waals surface area contributed by atoms with Crippen LogP contribution in [0.4, 0.5) is 14.5 Å². The highest BCUT2D eigenvalue weighted by atomic mass is 19.2. The highest BCUT2D eigenvalue weighted by molar-refractivity contribution is 6.06. The van der Waals surface area contributed by atoms with E-state index in [1.807, 2.05) is 0 Å². The Morgan fingerprint density at radius 2 is 1.76 bits per heavy atom. The molecule has 0 aliphatic carbocycles. The Bertz CT molecular complexity index is 731. The normalized spacial score (nSPS) is 10.2. The molecular formula is C14H9F2NO4. The minimum atomic E-state index is -1.36. The molecule has 0 bridgehead atoms. The van der Waals surface area contributed by atoms with Crippen molar-refractivity contribution in [3.63, 3.8) is 0 Å². The Balaban J connectivity index is 2.29. The van der Waals surface area contributed by atoms with Crippen molar-refractivity contribution in [1.29, 1.82) is 0 Å². The number of carboxylic acids is 1. The van der Waals surface area contributed by atoms with E-state index in [-0.39, 0.29) is 11.3 Å². The second-order valence-corrected chi connectivity index (χ2v) is 4.09. The van der Waals surface area contributed by atoms with Gasteiger partial charge in [-0.25, -0.2) is 13.6 Å².